The van der Waals surface area contributed by atoms with E-state index in [1.807, 2.05) is 13.1 Å². The van der Waals surface area contributed by atoms with Crippen molar-refractivity contribution in [1.29, 1.82) is 0 Å². The number of aromatic nitrogens is 1. The molecule has 1 saturated heterocycles. The Morgan fingerprint density at radius 1 is 1.47 bits per heavy atom. The van der Waals surface area contributed by atoms with Crippen LogP contribution in [0.4, 0.5) is 0 Å². The molecule has 0 unspecified atom stereocenters. The molecule has 0 spiro atoms. The van der Waals surface area contributed by atoms with Crippen LogP contribution in [-0.2, 0) is 28.9 Å². The van der Waals surface area contributed by atoms with E-state index in [2.05, 4.69) is 16.4 Å². The fourth-order valence-corrected chi connectivity index (χ4v) is 2.90. The smallest absolute Gasteiger partial charge is 0.252 e. The number of carbonyl (C=O) groups excluding carboxylic acids is 1. The maximum Gasteiger partial charge on any atom is 0.252 e. The van der Waals surface area contributed by atoms with Crippen molar-refractivity contribution in [3.63, 3.8) is 0 Å². The molecule has 0 bridgehead atoms. The Morgan fingerprint density at radius 2 is 2.37 bits per heavy atom. The highest BCUT2D eigenvalue weighted by atomic mass is 16.5. The van der Waals surface area contributed by atoms with Crippen molar-refractivity contribution in [2.75, 3.05) is 6.61 Å². The first-order chi connectivity index (χ1) is 9.17. The predicted molar refractivity (Wildman–Crippen MR) is 71.7 cm³/mol. The Hall–Kier alpha value is -1.42. The minimum atomic E-state index is -0.635. The first-order valence-corrected chi connectivity index (χ1v) is 7.06. The summed E-state index contributed by atoms with van der Waals surface area (Å²) in [5, 5.41) is 2.97. The Bertz CT molecular complexity index is 493. The van der Waals surface area contributed by atoms with Crippen molar-refractivity contribution in [3.8, 4) is 0 Å². The second kappa shape index (κ2) is 4.93. The normalized spacial score (nSPS) is 25.3. The number of amides is 1. The van der Waals surface area contributed by atoms with Gasteiger partial charge in [-0.2, -0.15) is 0 Å². The lowest BCUT2D eigenvalue weighted by Gasteiger charge is -2.21. The number of rotatable bonds is 3. The third-order valence-corrected chi connectivity index (χ3v) is 4.13. The van der Waals surface area contributed by atoms with Gasteiger partial charge in [-0.1, -0.05) is 6.07 Å². The Kier molecular flexibility index (Phi) is 3.27. The molecule has 1 atom stereocenters. The summed E-state index contributed by atoms with van der Waals surface area (Å²) in [4.78, 5) is 16.6. The molecule has 0 aromatic carbocycles. The highest BCUT2D eigenvalue weighted by molar-refractivity contribution is 5.84. The molecular formula is C15H20N2O2. The molecule has 1 N–H and O–H groups in total. The van der Waals surface area contributed by atoms with Gasteiger partial charge < -0.3 is 10.1 Å². The summed E-state index contributed by atoms with van der Waals surface area (Å²) in [6, 6.07) is 2.17. The number of nitrogens with zero attached hydrogens (tertiary/aromatic N) is 1. The Labute approximate surface area is 113 Å². The molecule has 1 amide bonds. The highest BCUT2D eigenvalue weighted by Crippen LogP contribution is 2.25. The lowest BCUT2D eigenvalue weighted by Crippen LogP contribution is -2.43. The van der Waals surface area contributed by atoms with Crippen LogP contribution in [-0.4, -0.2) is 23.1 Å². The number of pyridine rings is 1. The van der Waals surface area contributed by atoms with Crippen LogP contribution in [0.5, 0.6) is 0 Å². The summed E-state index contributed by atoms with van der Waals surface area (Å²) in [7, 11) is 0. The lowest BCUT2D eigenvalue weighted by molar-refractivity contribution is -0.139. The van der Waals surface area contributed by atoms with Crippen LogP contribution in [0.1, 0.15) is 43.0 Å². The van der Waals surface area contributed by atoms with Gasteiger partial charge >= 0.3 is 0 Å². The van der Waals surface area contributed by atoms with Crippen molar-refractivity contribution in [2.24, 2.45) is 0 Å². The fourth-order valence-electron chi connectivity index (χ4n) is 2.90. The van der Waals surface area contributed by atoms with E-state index in [0.717, 1.165) is 31.2 Å². The van der Waals surface area contributed by atoms with Crippen LogP contribution >= 0.6 is 0 Å². The van der Waals surface area contributed by atoms with Gasteiger partial charge in [0.1, 0.15) is 5.60 Å². The van der Waals surface area contributed by atoms with Crippen LogP contribution in [0.3, 0.4) is 0 Å². The van der Waals surface area contributed by atoms with Gasteiger partial charge in [0.15, 0.2) is 0 Å². The van der Waals surface area contributed by atoms with Crippen LogP contribution in [0.15, 0.2) is 12.3 Å². The molecule has 4 heteroatoms. The predicted octanol–water partition coefficient (Wildman–Crippen LogP) is 1.76. The molecule has 2 heterocycles. The molecule has 1 aromatic rings. The van der Waals surface area contributed by atoms with Gasteiger partial charge in [0.2, 0.25) is 0 Å². The number of nitrogens with one attached hydrogen (secondary N) is 1. The third-order valence-electron chi connectivity index (χ3n) is 4.13. The zero-order chi connectivity index (χ0) is 13.3. The first-order valence-electron chi connectivity index (χ1n) is 7.06. The van der Waals surface area contributed by atoms with Gasteiger partial charge in [-0.3, -0.25) is 9.78 Å². The number of hydrogen-bond acceptors (Lipinski definition) is 3. The Balaban J connectivity index is 1.61. The van der Waals surface area contributed by atoms with Crippen LogP contribution in [0.2, 0.25) is 0 Å². The van der Waals surface area contributed by atoms with Gasteiger partial charge in [-0.25, -0.2) is 0 Å². The second-order valence-corrected chi connectivity index (χ2v) is 5.67. The maximum atomic E-state index is 12.1. The largest absolute Gasteiger partial charge is 0.365 e. The molecule has 1 aromatic heterocycles. The van der Waals surface area contributed by atoms with Gasteiger partial charge in [0.25, 0.3) is 5.91 Å². The lowest BCUT2D eigenvalue weighted by atomic mass is 10.0. The summed E-state index contributed by atoms with van der Waals surface area (Å²) in [6.45, 7) is 3.10. The van der Waals surface area contributed by atoms with E-state index in [4.69, 9.17) is 4.74 Å². The van der Waals surface area contributed by atoms with E-state index in [1.165, 1.54) is 17.7 Å². The summed E-state index contributed by atoms with van der Waals surface area (Å²) >= 11 is 0. The average molecular weight is 260 g/mol. The molecule has 1 fully saturated rings. The van der Waals surface area contributed by atoms with Crippen molar-refractivity contribution in [2.45, 2.75) is 51.2 Å². The number of aryl methyl sites for hydroxylation is 2. The first kappa shape index (κ1) is 12.6. The molecule has 1 aliphatic heterocycles. The van der Waals surface area contributed by atoms with E-state index >= 15 is 0 Å². The van der Waals surface area contributed by atoms with E-state index in [-0.39, 0.29) is 5.91 Å². The van der Waals surface area contributed by atoms with Gasteiger partial charge in [-0.05, 0) is 50.2 Å². The fraction of sp³-hybridized carbons (Fsp3) is 0.600. The molecule has 0 radical (unpaired) electrons. The molecule has 4 nitrogen and oxygen atoms in total. The summed E-state index contributed by atoms with van der Waals surface area (Å²) < 4.78 is 5.54. The van der Waals surface area contributed by atoms with Crippen molar-refractivity contribution in [1.82, 2.24) is 10.3 Å². The monoisotopic (exact) mass is 260 g/mol. The van der Waals surface area contributed by atoms with Crippen molar-refractivity contribution >= 4 is 5.91 Å². The van der Waals surface area contributed by atoms with Crippen LogP contribution < -0.4 is 5.32 Å². The molecule has 2 aliphatic rings. The van der Waals surface area contributed by atoms with Gasteiger partial charge in [0.05, 0.1) is 0 Å². The highest BCUT2D eigenvalue weighted by Gasteiger charge is 2.37. The minimum absolute atomic E-state index is 0.00880. The van der Waals surface area contributed by atoms with Gasteiger partial charge in [0, 0.05) is 25.0 Å². The molecule has 1 aliphatic carbocycles. The number of fused-ring (bicyclic) bond motifs is 1. The standard InChI is InChI=1S/C15H20N2O2/c1-15(6-3-7-19-15)14(18)17-10-11-8-12-4-2-5-13(12)16-9-11/h8-9H,2-7,10H2,1H3,(H,17,18)/t15-/m0/s1. The quantitative estimate of drug-likeness (QED) is 0.901. The minimum Gasteiger partial charge on any atom is -0.365 e. The topological polar surface area (TPSA) is 51.2 Å². The number of hydrogen-bond donors (Lipinski definition) is 1. The Morgan fingerprint density at radius 3 is 3.16 bits per heavy atom. The molecule has 3 rings (SSSR count). The van der Waals surface area contributed by atoms with Gasteiger partial charge in [-0.15, -0.1) is 0 Å². The maximum absolute atomic E-state index is 12.1. The van der Waals surface area contributed by atoms with E-state index in [9.17, 15) is 4.79 Å². The number of ether oxygens (including phenoxy) is 1. The van der Waals surface area contributed by atoms with E-state index < -0.39 is 5.60 Å². The number of carbonyl (C=O) groups is 1. The molecular weight excluding hydrogens is 240 g/mol. The molecule has 102 valence electrons. The third kappa shape index (κ3) is 2.50. The summed E-state index contributed by atoms with van der Waals surface area (Å²) in [5.74, 6) is -0.00880. The van der Waals surface area contributed by atoms with Crippen LogP contribution in [0.25, 0.3) is 0 Å². The average Bonchev–Trinajstić information content (AvgIpc) is 3.04. The van der Waals surface area contributed by atoms with E-state index in [1.54, 1.807) is 0 Å². The van der Waals surface area contributed by atoms with Crippen molar-refractivity contribution < 1.29 is 9.53 Å². The summed E-state index contributed by atoms with van der Waals surface area (Å²) in [6.07, 6.45) is 7.05. The SMILES string of the molecule is C[C@@]1(C(=O)NCc2cnc3c(c2)CCC3)CCCO1. The van der Waals surface area contributed by atoms with Crippen LogP contribution in [0, 0.1) is 0 Å². The van der Waals surface area contributed by atoms with E-state index in [0.29, 0.717) is 13.2 Å². The molecule has 0 saturated carbocycles. The summed E-state index contributed by atoms with van der Waals surface area (Å²) in [5.41, 5.74) is 3.01. The zero-order valence-corrected chi connectivity index (χ0v) is 11.4. The molecule has 19 heavy (non-hydrogen) atoms. The zero-order valence-electron chi connectivity index (χ0n) is 11.4. The van der Waals surface area contributed by atoms with Crippen molar-refractivity contribution in [3.05, 3.63) is 29.1 Å². The second-order valence-electron chi connectivity index (χ2n) is 5.67.